The molecule has 0 atom stereocenters. The Labute approximate surface area is 191 Å². The molecule has 1 N–H and O–H groups in total. The number of hydrogen-bond acceptors (Lipinski definition) is 6. The first-order valence-corrected chi connectivity index (χ1v) is 12.4. The first-order valence-electron chi connectivity index (χ1n) is 11.6. The van der Waals surface area contributed by atoms with Crippen molar-refractivity contribution in [3.63, 3.8) is 0 Å². The number of ether oxygens (including phenoxy) is 1. The predicted octanol–water partition coefficient (Wildman–Crippen LogP) is 4.69. The van der Waals surface area contributed by atoms with Crippen LogP contribution in [-0.2, 0) is 11.3 Å². The largest absolute Gasteiger partial charge is 0.381 e. The normalized spacial score (nSPS) is 18.9. The zero-order valence-corrected chi connectivity index (χ0v) is 20.1. The molecule has 2 aliphatic heterocycles. The number of aromatic nitrogens is 5. The maximum atomic E-state index is 5.56. The van der Waals surface area contributed by atoms with E-state index in [2.05, 4.69) is 53.9 Å². The van der Waals surface area contributed by atoms with Crippen molar-refractivity contribution in [2.24, 2.45) is 5.41 Å². The van der Waals surface area contributed by atoms with Gasteiger partial charge in [-0.05, 0) is 43.7 Å². The van der Waals surface area contributed by atoms with Crippen molar-refractivity contribution < 1.29 is 4.74 Å². The number of likely N-dealkylation sites (tertiary alicyclic amines) is 1. The minimum Gasteiger partial charge on any atom is -0.381 e. The highest BCUT2D eigenvalue weighted by Gasteiger charge is 2.43. The van der Waals surface area contributed by atoms with E-state index in [1.807, 2.05) is 4.52 Å². The summed E-state index contributed by atoms with van der Waals surface area (Å²) in [5.41, 5.74) is 8.61. The van der Waals surface area contributed by atoms with Crippen LogP contribution in [0.3, 0.4) is 0 Å². The molecule has 0 amide bonds. The molecule has 0 unspecified atom stereocenters. The van der Waals surface area contributed by atoms with Crippen molar-refractivity contribution in [1.29, 1.82) is 0 Å². The number of nitrogens with one attached hydrogen (secondary N) is 1. The number of aromatic amines is 1. The zero-order chi connectivity index (χ0) is 22.0. The van der Waals surface area contributed by atoms with Gasteiger partial charge in [-0.25, -0.2) is 14.5 Å². The molecule has 2 saturated heterocycles. The van der Waals surface area contributed by atoms with E-state index in [1.165, 1.54) is 63.7 Å². The van der Waals surface area contributed by atoms with Gasteiger partial charge in [-0.15, -0.1) is 0 Å². The third-order valence-electron chi connectivity index (χ3n) is 7.44. The van der Waals surface area contributed by atoms with Crippen LogP contribution in [0.25, 0.3) is 27.3 Å². The summed E-state index contributed by atoms with van der Waals surface area (Å²) in [5, 5.41) is 5.60. The molecule has 6 heterocycles. The predicted molar refractivity (Wildman–Crippen MR) is 127 cm³/mol. The summed E-state index contributed by atoms with van der Waals surface area (Å²) in [6, 6.07) is 0. The number of aryl methyl sites for hydroxylation is 1. The molecule has 7 nitrogen and oxygen atoms in total. The molecule has 32 heavy (non-hydrogen) atoms. The second-order valence-corrected chi connectivity index (χ2v) is 11.0. The molecule has 168 valence electrons. The van der Waals surface area contributed by atoms with Crippen molar-refractivity contribution in [2.75, 3.05) is 26.3 Å². The molecule has 6 rings (SSSR count). The quantitative estimate of drug-likeness (QED) is 0.489. The van der Waals surface area contributed by atoms with Gasteiger partial charge >= 0.3 is 0 Å². The van der Waals surface area contributed by atoms with Crippen LogP contribution in [0.2, 0.25) is 0 Å². The molecule has 8 heteroatoms. The second-order valence-electron chi connectivity index (χ2n) is 9.93. The highest BCUT2D eigenvalue weighted by atomic mass is 32.1. The molecule has 0 radical (unpaired) electrons. The van der Waals surface area contributed by atoms with E-state index < -0.39 is 0 Å². The lowest BCUT2D eigenvalue weighted by atomic mass is 9.73. The van der Waals surface area contributed by atoms with Gasteiger partial charge in [-0.3, -0.25) is 4.90 Å². The van der Waals surface area contributed by atoms with Gasteiger partial charge in [0.25, 0.3) is 0 Å². The third kappa shape index (κ3) is 3.11. The van der Waals surface area contributed by atoms with Crippen LogP contribution in [-0.4, -0.2) is 55.8 Å². The fourth-order valence-electron chi connectivity index (χ4n) is 5.55. The molecule has 0 bridgehead atoms. The number of fused-ring (bicyclic) bond motifs is 2. The Bertz CT molecular complexity index is 1300. The van der Waals surface area contributed by atoms with Gasteiger partial charge < -0.3 is 9.72 Å². The Morgan fingerprint density at radius 3 is 2.72 bits per heavy atom. The highest BCUT2D eigenvalue weighted by Crippen LogP contribution is 2.42. The minimum atomic E-state index is 0.370. The Balaban J connectivity index is 1.33. The first-order chi connectivity index (χ1) is 15.4. The molecule has 0 aromatic carbocycles. The van der Waals surface area contributed by atoms with Gasteiger partial charge in [-0.2, -0.15) is 5.10 Å². The van der Waals surface area contributed by atoms with Crippen LogP contribution in [0.5, 0.6) is 0 Å². The van der Waals surface area contributed by atoms with Crippen LogP contribution in [0.15, 0.2) is 12.5 Å². The molecule has 2 aliphatic rings. The number of rotatable bonds is 4. The van der Waals surface area contributed by atoms with Gasteiger partial charge in [0.1, 0.15) is 21.7 Å². The van der Waals surface area contributed by atoms with E-state index in [9.17, 15) is 0 Å². The van der Waals surface area contributed by atoms with Crippen LogP contribution in [0.4, 0.5) is 0 Å². The van der Waals surface area contributed by atoms with E-state index >= 15 is 0 Å². The SMILES string of the molecule is Cc1c(-c2[nH]c3sc(CN4CC5(CCOCC5)C4)nc3c2C(C)C)cn2ncnc2c1C. The van der Waals surface area contributed by atoms with E-state index in [4.69, 9.17) is 9.72 Å². The smallest absolute Gasteiger partial charge is 0.158 e. The monoisotopic (exact) mass is 450 g/mol. The molecule has 0 saturated carbocycles. The molecule has 0 aliphatic carbocycles. The Kier molecular flexibility index (Phi) is 4.68. The van der Waals surface area contributed by atoms with Gasteiger partial charge in [0.15, 0.2) is 5.65 Å². The van der Waals surface area contributed by atoms with E-state index in [0.29, 0.717) is 11.3 Å². The summed E-state index contributed by atoms with van der Waals surface area (Å²) in [6.45, 7) is 14.0. The van der Waals surface area contributed by atoms with Crippen molar-refractivity contribution >= 4 is 27.3 Å². The third-order valence-corrected chi connectivity index (χ3v) is 8.39. The number of thiazole rings is 1. The second kappa shape index (κ2) is 7.37. The molecular formula is C24H30N6OS. The van der Waals surface area contributed by atoms with Crippen molar-refractivity contribution in [3.05, 3.63) is 34.2 Å². The van der Waals surface area contributed by atoms with Crippen LogP contribution in [0.1, 0.15) is 54.3 Å². The summed E-state index contributed by atoms with van der Waals surface area (Å²) in [6.07, 6.45) is 6.13. The van der Waals surface area contributed by atoms with Crippen molar-refractivity contribution in [3.8, 4) is 11.3 Å². The van der Waals surface area contributed by atoms with Crippen LogP contribution in [0, 0.1) is 19.3 Å². The fraction of sp³-hybridized carbons (Fsp3) is 0.542. The average Bonchev–Trinajstić information content (AvgIpc) is 3.44. The maximum absolute atomic E-state index is 5.56. The maximum Gasteiger partial charge on any atom is 0.158 e. The summed E-state index contributed by atoms with van der Waals surface area (Å²) < 4.78 is 7.44. The van der Waals surface area contributed by atoms with Gasteiger partial charge in [0, 0.05) is 49.0 Å². The molecule has 1 spiro atoms. The molecule has 4 aromatic heterocycles. The van der Waals surface area contributed by atoms with Crippen molar-refractivity contribution in [1.82, 2.24) is 29.5 Å². The molecular weight excluding hydrogens is 420 g/mol. The Morgan fingerprint density at radius 1 is 1.19 bits per heavy atom. The first kappa shape index (κ1) is 20.3. The highest BCUT2D eigenvalue weighted by molar-refractivity contribution is 7.18. The summed E-state index contributed by atoms with van der Waals surface area (Å²) >= 11 is 1.80. The van der Waals surface area contributed by atoms with Gasteiger partial charge in [-0.1, -0.05) is 25.2 Å². The average molecular weight is 451 g/mol. The Morgan fingerprint density at radius 2 is 1.97 bits per heavy atom. The summed E-state index contributed by atoms with van der Waals surface area (Å²) in [4.78, 5) is 17.0. The fourth-order valence-corrected chi connectivity index (χ4v) is 6.58. The number of H-pyrrole nitrogens is 1. The minimum absolute atomic E-state index is 0.370. The van der Waals surface area contributed by atoms with Crippen LogP contribution < -0.4 is 0 Å². The van der Waals surface area contributed by atoms with Gasteiger partial charge in [0.2, 0.25) is 0 Å². The number of hydrogen-bond donors (Lipinski definition) is 1. The molecule has 2 fully saturated rings. The van der Waals surface area contributed by atoms with E-state index in [1.54, 1.807) is 17.7 Å². The standard InChI is InChI=1S/C24H30N6OS/c1-14(2)19-20(17-9-30-22(25-13-26-30)16(4)15(17)3)28-23-21(19)27-18(32-23)10-29-11-24(12-29)5-7-31-8-6-24/h9,13-14,28H,5-8,10-12H2,1-4H3. The molecule has 4 aromatic rings. The summed E-state index contributed by atoms with van der Waals surface area (Å²) in [5.74, 6) is 0.370. The zero-order valence-electron chi connectivity index (χ0n) is 19.2. The number of nitrogens with zero attached hydrogens (tertiary/aromatic N) is 5. The Hall–Kier alpha value is -2.29. The van der Waals surface area contributed by atoms with Crippen molar-refractivity contribution in [2.45, 2.75) is 53.0 Å². The van der Waals surface area contributed by atoms with Crippen LogP contribution >= 0.6 is 11.3 Å². The lowest BCUT2D eigenvalue weighted by Crippen LogP contribution is -2.57. The van der Waals surface area contributed by atoms with E-state index in [-0.39, 0.29) is 0 Å². The lowest BCUT2D eigenvalue weighted by Gasteiger charge is -2.52. The lowest BCUT2D eigenvalue weighted by molar-refractivity contribution is -0.0838. The van der Waals surface area contributed by atoms with Gasteiger partial charge in [0.05, 0.1) is 12.2 Å². The topological polar surface area (TPSA) is 71.3 Å². The van der Waals surface area contributed by atoms with E-state index in [0.717, 1.165) is 30.9 Å². The number of pyridine rings is 1. The summed E-state index contributed by atoms with van der Waals surface area (Å²) in [7, 11) is 0.